The van der Waals surface area contributed by atoms with E-state index in [1.54, 1.807) is 0 Å². The average Bonchev–Trinajstić information content (AvgIpc) is 2.97. The van der Waals surface area contributed by atoms with Gasteiger partial charge >= 0.3 is 13.8 Å². The third-order valence-electron chi connectivity index (χ3n) is 7.29. The number of phosphoric acid groups is 1. The Hall–Kier alpha value is -0.990. The van der Waals surface area contributed by atoms with Crippen molar-refractivity contribution in [2.45, 2.75) is 168 Å². The molecule has 0 fully saturated rings. The van der Waals surface area contributed by atoms with Crippen LogP contribution in [0.5, 0.6) is 0 Å². The number of aliphatic hydroxyl groups excluding tert-OH is 1. The maximum atomic E-state index is 12.0. The van der Waals surface area contributed by atoms with Gasteiger partial charge in [0.1, 0.15) is 12.7 Å². The lowest BCUT2D eigenvalue weighted by molar-refractivity contribution is -0.147. The molecule has 0 saturated heterocycles. The first kappa shape index (κ1) is 41.0. The van der Waals surface area contributed by atoms with Crippen LogP contribution in [0, 0.1) is 0 Å². The third-order valence-corrected chi connectivity index (χ3v) is 8.27. The lowest BCUT2D eigenvalue weighted by Crippen LogP contribution is -2.27. The van der Waals surface area contributed by atoms with Crippen molar-refractivity contribution in [2.24, 2.45) is 0 Å². The number of nitrogens with one attached hydrogen (secondary N) is 1. The molecule has 0 radical (unpaired) electrons. The normalized spacial score (nSPS) is 13.5. The predicted molar refractivity (Wildman–Crippen MR) is 169 cm³/mol. The van der Waals surface area contributed by atoms with E-state index in [1.165, 1.54) is 96.3 Å². The number of aliphatic hydroxyl groups is 1. The highest BCUT2D eigenvalue weighted by Crippen LogP contribution is 2.42. The topological polar surface area (TPSA) is 131 Å². The van der Waals surface area contributed by atoms with Crippen LogP contribution in [0.25, 0.3) is 0 Å². The summed E-state index contributed by atoms with van der Waals surface area (Å²) in [5.74, 6) is -0.518. The van der Waals surface area contributed by atoms with Crippen molar-refractivity contribution in [3.63, 3.8) is 0 Å². The van der Waals surface area contributed by atoms with E-state index in [1.807, 2.05) is 0 Å². The summed E-state index contributed by atoms with van der Waals surface area (Å²) in [6.45, 7) is 3.50. The second-order valence-corrected chi connectivity index (χ2v) is 13.0. The molecule has 0 aromatic rings. The molecule has 0 aromatic heterocycles. The van der Waals surface area contributed by atoms with Crippen LogP contribution in [0.1, 0.15) is 162 Å². The van der Waals surface area contributed by atoms with Crippen molar-refractivity contribution in [3.05, 3.63) is 0 Å². The van der Waals surface area contributed by atoms with E-state index in [9.17, 15) is 24.2 Å². The molecule has 0 heterocycles. The summed E-state index contributed by atoms with van der Waals surface area (Å²) in [5, 5.41) is 12.6. The van der Waals surface area contributed by atoms with Crippen molar-refractivity contribution >= 4 is 19.7 Å². The second kappa shape index (κ2) is 30.1. The summed E-state index contributed by atoms with van der Waals surface area (Å²) >= 11 is 0. The van der Waals surface area contributed by atoms with Crippen LogP contribution in [0.3, 0.4) is 0 Å². The summed E-state index contributed by atoms with van der Waals surface area (Å²) < 4.78 is 26.6. The van der Waals surface area contributed by atoms with Crippen molar-refractivity contribution in [3.8, 4) is 0 Å². The molecule has 1 amide bonds. The molecule has 10 heteroatoms. The first-order chi connectivity index (χ1) is 20.3. The highest BCUT2D eigenvalue weighted by Gasteiger charge is 2.23. The second-order valence-electron chi connectivity index (χ2n) is 11.5. The van der Waals surface area contributed by atoms with Crippen LogP contribution in [0.15, 0.2) is 0 Å². The molecule has 42 heavy (non-hydrogen) atoms. The van der Waals surface area contributed by atoms with E-state index in [-0.39, 0.29) is 32.1 Å². The molecule has 0 aliphatic heterocycles. The zero-order valence-corrected chi connectivity index (χ0v) is 27.9. The SMILES string of the molecule is CCCCCCCCCCCCCCCCC(=O)OCC(O)COP(=O)(O)OCCNC(=O)CCCCCCCCC. The van der Waals surface area contributed by atoms with Crippen LogP contribution < -0.4 is 5.32 Å². The number of hydrogen-bond acceptors (Lipinski definition) is 7. The summed E-state index contributed by atoms with van der Waals surface area (Å²) in [6.07, 6.45) is 24.7. The standard InChI is InChI=1S/C32H64NO8P/c1-3-5-7-9-11-12-13-14-15-16-17-19-21-23-25-32(36)39-28-30(34)29-41-42(37,38)40-27-26-33-31(35)24-22-20-18-10-8-6-4-2/h30,34H,3-29H2,1-2H3,(H,33,35)(H,37,38). The summed E-state index contributed by atoms with van der Waals surface area (Å²) in [6, 6.07) is 0. The zero-order chi connectivity index (χ0) is 31.2. The Morgan fingerprint density at radius 3 is 1.55 bits per heavy atom. The Morgan fingerprint density at radius 2 is 1.07 bits per heavy atom. The number of ether oxygens (including phenoxy) is 1. The number of esters is 1. The summed E-state index contributed by atoms with van der Waals surface area (Å²) in [7, 11) is -4.39. The summed E-state index contributed by atoms with van der Waals surface area (Å²) in [5.41, 5.74) is 0. The predicted octanol–water partition coefficient (Wildman–Crippen LogP) is 8.15. The Kier molecular flexibility index (Phi) is 29.3. The van der Waals surface area contributed by atoms with Gasteiger partial charge in [-0.15, -0.1) is 0 Å². The number of phosphoric ester groups is 1. The van der Waals surface area contributed by atoms with Gasteiger partial charge in [0.05, 0.1) is 13.2 Å². The van der Waals surface area contributed by atoms with Gasteiger partial charge in [0.15, 0.2) is 0 Å². The molecular weight excluding hydrogens is 557 g/mol. The van der Waals surface area contributed by atoms with Gasteiger partial charge in [-0.2, -0.15) is 0 Å². The third kappa shape index (κ3) is 30.5. The van der Waals surface area contributed by atoms with E-state index < -0.39 is 26.5 Å². The van der Waals surface area contributed by atoms with E-state index in [4.69, 9.17) is 13.8 Å². The van der Waals surface area contributed by atoms with Gasteiger partial charge in [0.25, 0.3) is 0 Å². The molecule has 0 saturated carbocycles. The zero-order valence-electron chi connectivity index (χ0n) is 27.0. The Bertz CT molecular complexity index is 679. The van der Waals surface area contributed by atoms with Crippen molar-refractivity contribution in [1.29, 1.82) is 0 Å². The van der Waals surface area contributed by atoms with Crippen molar-refractivity contribution in [2.75, 3.05) is 26.4 Å². The molecule has 9 nitrogen and oxygen atoms in total. The van der Waals surface area contributed by atoms with E-state index >= 15 is 0 Å². The lowest BCUT2D eigenvalue weighted by Gasteiger charge is -2.15. The molecular formula is C32H64NO8P. The van der Waals surface area contributed by atoms with E-state index in [0.29, 0.717) is 6.42 Å². The molecule has 0 aliphatic rings. The highest BCUT2D eigenvalue weighted by molar-refractivity contribution is 7.47. The van der Waals surface area contributed by atoms with Crippen LogP contribution >= 0.6 is 7.82 Å². The van der Waals surface area contributed by atoms with Gasteiger partial charge in [-0.3, -0.25) is 18.6 Å². The van der Waals surface area contributed by atoms with Crippen molar-refractivity contribution < 1.29 is 37.9 Å². The Labute approximate surface area is 256 Å². The summed E-state index contributed by atoms with van der Waals surface area (Å²) in [4.78, 5) is 33.5. The minimum absolute atomic E-state index is 0.0860. The van der Waals surface area contributed by atoms with Crippen molar-refractivity contribution in [1.82, 2.24) is 5.32 Å². The average molecular weight is 622 g/mol. The molecule has 0 rings (SSSR count). The molecule has 250 valence electrons. The highest BCUT2D eigenvalue weighted by atomic mass is 31.2. The quantitative estimate of drug-likeness (QED) is 0.0390. The van der Waals surface area contributed by atoms with Crippen LogP contribution in [-0.4, -0.2) is 54.3 Å². The van der Waals surface area contributed by atoms with E-state index in [0.717, 1.165) is 38.5 Å². The molecule has 0 bridgehead atoms. The van der Waals surface area contributed by atoms with Gasteiger partial charge in [-0.1, -0.05) is 136 Å². The minimum atomic E-state index is -4.39. The lowest BCUT2D eigenvalue weighted by atomic mass is 10.0. The molecule has 0 aromatic carbocycles. The smallest absolute Gasteiger partial charge is 0.463 e. The fourth-order valence-corrected chi connectivity index (χ4v) is 5.43. The molecule has 0 aliphatic carbocycles. The minimum Gasteiger partial charge on any atom is -0.463 e. The fraction of sp³-hybridized carbons (Fsp3) is 0.938. The van der Waals surface area contributed by atoms with Crippen LogP contribution in [-0.2, 0) is 27.9 Å². The number of rotatable bonds is 32. The Balaban J connectivity index is 3.61. The first-order valence-corrected chi connectivity index (χ1v) is 18.5. The maximum absolute atomic E-state index is 12.0. The van der Waals surface area contributed by atoms with Gasteiger partial charge in [0, 0.05) is 19.4 Å². The Morgan fingerprint density at radius 1 is 0.643 bits per heavy atom. The number of unbranched alkanes of at least 4 members (excludes halogenated alkanes) is 19. The van der Waals surface area contributed by atoms with Gasteiger partial charge in [-0.05, 0) is 12.8 Å². The molecule has 0 spiro atoms. The molecule has 2 atom stereocenters. The van der Waals surface area contributed by atoms with Gasteiger partial charge in [-0.25, -0.2) is 4.57 Å². The van der Waals surface area contributed by atoms with Crippen LogP contribution in [0.4, 0.5) is 0 Å². The number of carbonyl (C=O) groups excluding carboxylic acids is 2. The maximum Gasteiger partial charge on any atom is 0.472 e. The first-order valence-electron chi connectivity index (χ1n) is 17.0. The molecule has 3 N–H and O–H groups in total. The van der Waals surface area contributed by atoms with Gasteiger partial charge < -0.3 is 20.1 Å². The monoisotopic (exact) mass is 621 g/mol. The largest absolute Gasteiger partial charge is 0.472 e. The van der Waals surface area contributed by atoms with Crippen LogP contribution in [0.2, 0.25) is 0 Å². The number of hydrogen-bond donors (Lipinski definition) is 3. The number of carbonyl (C=O) groups is 2. The number of amides is 1. The van der Waals surface area contributed by atoms with E-state index in [2.05, 4.69) is 19.2 Å². The fourth-order valence-electron chi connectivity index (χ4n) is 4.67. The van der Waals surface area contributed by atoms with Gasteiger partial charge in [0.2, 0.25) is 5.91 Å². The molecule has 2 unspecified atom stereocenters.